The normalized spacial score (nSPS) is 18.5. The maximum atomic E-state index is 12.5. The van der Waals surface area contributed by atoms with Crippen molar-refractivity contribution in [3.05, 3.63) is 0 Å². The first-order chi connectivity index (χ1) is 11.9. The van der Waals surface area contributed by atoms with E-state index in [-0.39, 0.29) is 18.5 Å². The summed E-state index contributed by atoms with van der Waals surface area (Å²) in [5, 5.41) is 5.83. The summed E-state index contributed by atoms with van der Waals surface area (Å²) in [6.45, 7) is 12.3. The molecule has 8 nitrogen and oxygen atoms in total. The first-order valence-corrected chi connectivity index (χ1v) is 9.08. The van der Waals surface area contributed by atoms with E-state index in [1.165, 1.54) is 4.90 Å². The first-order valence-electron chi connectivity index (χ1n) is 9.08. The fourth-order valence-corrected chi connectivity index (χ4v) is 2.51. The Labute approximate surface area is 156 Å². The molecule has 1 atom stereocenters. The molecule has 0 unspecified atom stereocenters. The van der Waals surface area contributed by atoms with Gasteiger partial charge in [0.1, 0.15) is 17.7 Å². The highest BCUT2D eigenvalue weighted by Gasteiger charge is 2.30. The molecule has 0 radical (unpaired) electrons. The van der Waals surface area contributed by atoms with Crippen LogP contribution in [0.1, 0.15) is 54.4 Å². The molecule has 1 fully saturated rings. The van der Waals surface area contributed by atoms with Crippen molar-refractivity contribution in [1.82, 2.24) is 15.5 Å². The van der Waals surface area contributed by atoms with E-state index in [1.54, 1.807) is 41.5 Å². The average Bonchev–Trinajstić information content (AvgIpc) is 2.43. The molecule has 1 aliphatic heterocycles. The zero-order valence-electron chi connectivity index (χ0n) is 16.8. The predicted molar refractivity (Wildman–Crippen MR) is 97.7 cm³/mol. The smallest absolute Gasteiger partial charge is 0.407 e. The molecule has 2 N–H and O–H groups in total. The molecule has 1 rings (SSSR count). The number of hydrogen-bond acceptors (Lipinski definition) is 6. The van der Waals surface area contributed by atoms with Gasteiger partial charge in [-0.05, 0) is 54.4 Å². The number of nitrogens with zero attached hydrogens (tertiary/aromatic N) is 1. The van der Waals surface area contributed by atoms with Crippen molar-refractivity contribution >= 4 is 18.0 Å². The quantitative estimate of drug-likeness (QED) is 0.542. The number of ether oxygens (including phenoxy) is 2. The van der Waals surface area contributed by atoms with Crippen LogP contribution in [0.4, 0.5) is 4.79 Å². The van der Waals surface area contributed by atoms with E-state index in [9.17, 15) is 14.4 Å². The van der Waals surface area contributed by atoms with Crippen LogP contribution in [0, 0.1) is 0 Å². The van der Waals surface area contributed by atoms with E-state index < -0.39 is 23.3 Å². The van der Waals surface area contributed by atoms with Crippen LogP contribution in [-0.4, -0.2) is 66.3 Å². The van der Waals surface area contributed by atoms with Crippen LogP contribution in [0.15, 0.2) is 0 Å². The van der Waals surface area contributed by atoms with E-state index in [1.807, 2.05) is 0 Å². The van der Waals surface area contributed by atoms with Gasteiger partial charge in [-0.3, -0.25) is 9.59 Å². The minimum Gasteiger partial charge on any atom is -0.459 e. The zero-order valence-corrected chi connectivity index (χ0v) is 16.8. The molecule has 1 aliphatic rings. The van der Waals surface area contributed by atoms with E-state index in [0.29, 0.717) is 32.5 Å². The van der Waals surface area contributed by atoms with Crippen LogP contribution in [0.3, 0.4) is 0 Å². The van der Waals surface area contributed by atoms with Crippen molar-refractivity contribution in [2.45, 2.75) is 71.6 Å². The number of esters is 1. The SMILES string of the molecule is CC(C)(C)OC(=O)CN1CCN[C@H](CCCNC(=O)OC(C)(C)C)C1=O. The summed E-state index contributed by atoms with van der Waals surface area (Å²) in [5.74, 6) is -0.516. The Kier molecular flexibility index (Phi) is 7.87. The number of carbonyl (C=O) groups is 3. The minimum atomic E-state index is -0.569. The lowest BCUT2D eigenvalue weighted by Gasteiger charge is -2.33. The number of amides is 2. The van der Waals surface area contributed by atoms with Gasteiger partial charge in [0.05, 0.1) is 6.04 Å². The Morgan fingerprint density at radius 2 is 1.77 bits per heavy atom. The van der Waals surface area contributed by atoms with Crippen LogP contribution in [0.5, 0.6) is 0 Å². The number of carbonyl (C=O) groups excluding carboxylic acids is 3. The third-order valence-electron chi connectivity index (χ3n) is 3.46. The molecule has 2 amide bonds. The summed E-state index contributed by atoms with van der Waals surface area (Å²) in [4.78, 5) is 37.5. The van der Waals surface area contributed by atoms with E-state index in [2.05, 4.69) is 10.6 Å². The number of nitrogens with one attached hydrogen (secondary N) is 2. The molecule has 0 aromatic carbocycles. The van der Waals surface area contributed by atoms with Gasteiger partial charge in [0.25, 0.3) is 0 Å². The third-order valence-corrected chi connectivity index (χ3v) is 3.46. The first kappa shape index (κ1) is 22.2. The van der Waals surface area contributed by atoms with E-state index in [4.69, 9.17) is 9.47 Å². The second-order valence-electron chi connectivity index (χ2n) is 8.42. The Hall–Kier alpha value is -1.83. The van der Waals surface area contributed by atoms with Crippen LogP contribution in [-0.2, 0) is 19.1 Å². The van der Waals surface area contributed by atoms with Gasteiger partial charge in [-0.2, -0.15) is 0 Å². The highest BCUT2D eigenvalue weighted by atomic mass is 16.6. The fraction of sp³-hybridized carbons (Fsp3) is 0.833. The van der Waals surface area contributed by atoms with Crippen molar-refractivity contribution in [3.8, 4) is 0 Å². The molecular weight excluding hydrogens is 338 g/mol. The number of rotatable bonds is 6. The molecule has 8 heteroatoms. The lowest BCUT2D eigenvalue weighted by molar-refractivity contribution is -0.159. The monoisotopic (exact) mass is 371 g/mol. The summed E-state index contributed by atoms with van der Waals surface area (Å²) >= 11 is 0. The average molecular weight is 371 g/mol. The minimum absolute atomic E-state index is 0.0373. The van der Waals surface area contributed by atoms with Crippen molar-refractivity contribution < 1.29 is 23.9 Å². The largest absolute Gasteiger partial charge is 0.459 e. The van der Waals surface area contributed by atoms with Gasteiger partial charge >= 0.3 is 12.1 Å². The summed E-state index contributed by atoms with van der Waals surface area (Å²) in [6, 6.07) is -0.355. The molecule has 150 valence electrons. The van der Waals surface area contributed by atoms with Crippen LogP contribution < -0.4 is 10.6 Å². The van der Waals surface area contributed by atoms with Gasteiger partial charge in [0.2, 0.25) is 5.91 Å². The summed E-state index contributed by atoms with van der Waals surface area (Å²) < 4.78 is 10.4. The van der Waals surface area contributed by atoms with Crippen molar-refractivity contribution in [3.63, 3.8) is 0 Å². The number of hydrogen-bond donors (Lipinski definition) is 2. The van der Waals surface area contributed by atoms with Crippen LogP contribution in [0.25, 0.3) is 0 Å². The predicted octanol–water partition coefficient (Wildman–Crippen LogP) is 1.43. The molecule has 0 saturated carbocycles. The van der Waals surface area contributed by atoms with Gasteiger partial charge in [-0.25, -0.2) is 4.79 Å². The van der Waals surface area contributed by atoms with Crippen molar-refractivity contribution in [1.29, 1.82) is 0 Å². The molecule has 0 aromatic rings. The van der Waals surface area contributed by atoms with Crippen molar-refractivity contribution in [2.75, 3.05) is 26.2 Å². The standard InChI is InChI=1S/C18H33N3O5/c1-17(2,3)25-14(22)12-21-11-10-19-13(15(21)23)8-7-9-20-16(24)26-18(4,5)6/h13,19H,7-12H2,1-6H3,(H,20,24)/t13-/m1/s1. The maximum Gasteiger partial charge on any atom is 0.407 e. The summed E-state index contributed by atoms with van der Waals surface area (Å²) in [6.07, 6.45) is 0.731. The van der Waals surface area contributed by atoms with Gasteiger partial charge in [0, 0.05) is 19.6 Å². The molecule has 1 heterocycles. The Morgan fingerprint density at radius 3 is 2.35 bits per heavy atom. The van der Waals surface area contributed by atoms with Gasteiger partial charge in [-0.15, -0.1) is 0 Å². The highest BCUT2D eigenvalue weighted by molar-refractivity contribution is 5.86. The number of alkyl carbamates (subject to hydrolysis) is 1. The second kappa shape index (κ2) is 9.21. The third kappa shape index (κ3) is 9.03. The summed E-state index contributed by atoms with van der Waals surface area (Å²) in [7, 11) is 0. The Balaban J connectivity index is 2.36. The lowest BCUT2D eigenvalue weighted by atomic mass is 10.1. The van der Waals surface area contributed by atoms with E-state index >= 15 is 0 Å². The molecular formula is C18H33N3O5. The zero-order chi connectivity index (χ0) is 20.0. The molecule has 0 spiro atoms. The van der Waals surface area contributed by atoms with E-state index in [0.717, 1.165) is 0 Å². The lowest BCUT2D eigenvalue weighted by Crippen LogP contribution is -2.56. The highest BCUT2D eigenvalue weighted by Crippen LogP contribution is 2.11. The molecule has 0 aromatic heterocycles. The topological polar surface area (TPSA) is 97.0 Å². The second-order valence-corrected chi connectivity index (χ2v) is 8.42. The van der Waals surface area contributed by atoms with Crippen molar-refractivity contribution in [2.24, 2.45) is 0 Å². The maximum absolute atomic E-state index is 12.5. The molecule has 0 aliphatic carbocycles. The Bertz CT molecular complexity index is 508. The fourth-order valence-electron chi connectivity index (χ4n) is 2.51. The number of piperazine rings is 1. The van der Waals surface area contributed by atoms with Crippen LogP contribution in [0.2, 0.25) is 0 Å². The van der Waals surface area contributed by atoms with Gasteiger partial charge < -0.3 is 25.0 Å². The molecule has 0 bridgehead atoms. The van der Waals surface area contributed by atoms with Gasteiger partial charge in [0.15, 0.2) is 0 Å². The summed E-state index contributed by atoms with van der Waals surface area (Å²) in [5.41, 5.74) is -1.10. The van der Waals surface area contributed by atoms with Gasteiger partial charge in [-0.1, -0.05) is 0 Å². The van der Waals surface area contributed by atoms with Crippen LogP contribution >= 0.6 is 0 Å². The molecule has 26 heavy (non-hydrogen) atoms. The molecule has 1 saturated heterocycles. The Morgan fingerprint density at radius 1 is 1.15 bits per heavy atom.